The molecule has 16 atom stereocenters. The van der Waals surface area contributed by atoms with E-state index in [9.17, 15) is 82.4 Å². The number of amides is 20. The van der Waals surface area contributed by atoms with E-state index in [1.807, 2.05) is 0 Å². The Kier molecular flexibility index (Phi) is 44.1. The fourth-order valence-electron chi connectivity index (χ4n) is 14.6. The number of rotatable bonds is 22. The van der Waals surface area contributed by atoms with E-state index in [1.165, 1.54) is 24.9 Å². The molecule has 0 radical (unpaired) electrons. The number of benzene rings is 2. The van der Waals surface area contributed by atoms with Crippen molar-refractivity contribution >= 4 is 176 Å². The number of nitrogens with two attached hydrogens (primary N) is 4. The zero-order valence-electron chi connectivity index (χ0n) is 75.4. The minimum absolute atomic E-state index is 0.0227. The highest BCUT2D eigenvalue weighted by molar-refractivity contribution is 7.99. The summed E-state index contributed by atoms with van der Waals surface area (Å²) in [5.41, 5.74) is 23.8. The largest absolute Gasteiger partial charge is 0.481 e. The van der Waals surface area contributed by atoms with Crippen LogP contribution in [-0.2, 0) is 118 Å². The number of carboxylic acids is 2. The van der Waals surface area contributed by atoms with Crippen molar-refractivity contribution in [2.75, 3.05) is 67.3 Å². The Morgan fingerprint density at radius 1 is 0.529 bits per heavy atom. The van der Waals surface area contributed by atoms with Crippen LogP contribution < -0.4 is 113 Å². The minimum Gasteiger partial charge on any atom is -0.481 e. The number of carboxylic acid groups (broad SMARTS) is 2. The fourth-order valence-corrected chi connectivity index (χ4v) is 17.7. The number of thioether (sulfide) groups is 3. The molecule has 2 aromatic carbocycles. The highest BCUT2D eigenvalue weighted by Crippen LogP contribution is 2.24. The molecule has 0 aliphatic carbocycles. The Morgan fingerprint density at radius 2 is 1.08 bits per heavy atom. The Bertz CT molecular complexity index is 4870. The van der Waals surface area contributed by atoms with E-state index in [1.54, 1.807) is 68.4 Å². The first-order valence-corrected chi connectivity index (χ1v) is 47.5. The Labute approximate surface area is 793 Å². The van der Waals surface area contributed by atoms with Crippen molar-refractivity contribution in [3.05, 3.63) is 84.2 Å². The molecule has 48 nitrogen and oxygen atoms in total. The monoisotopic (exact) mass is 1960 g/mol. The van der Waals surface area contributed by atoms with E-state index in [4.69, 9.17) is 22.9 Å². The third kappa shape index (κ3) is 35.0. The van der Waals surface area contributed by atoms with Crippen LogP contribution in [0.1, 0.15) is 116 Å². The van der Waals surface area contributed by atoms with Gasteiger partial charge in [0, 0.05) is 65.9 Å². The van der Waals surface area contributed by atoms with Crippen LogP contribution in [0.2, 0.25) is 0 Å². The van der Waals surface area contributed by atoms with Crippen LogP contribution in [0.5, 0.6) is 0 Å². The van der Waals surface area contributed by atoms with E-state index < -0.39 is 320 Å². The molecule has 4 aliphatic rings. The number of carbonyl (C=O) groups is 22. The summed E-state index contributed by atoms with van der Waals surface area (Å²) in [5.74, 6) is -31.1. The first-order chi connectivity index (χ1) is 64.5. The Hall–Kier alpha value is -13.0. The summed E-state index contributed by atoms with van der Waals surface area (Å²) < 4.78 is 0. The predicted octanol–water partition coefficient (Wildman–Crippen LogP) is -8.53. The molecule has 4 bridgehead atoms. The van der Waals surface area contributed by atoms with Gasteiger partial charge >= 0.3 is 11.9 Å². The van der Waals surface area contributed by atoms with Gasteiger partial charge in [-0.1, -0.05) is 82.8 Å². The summed E-state index contributed by atoms with van der Waals surface area (Å²) >= 11 is 2.20. The molecule has 7 rings (SSSR count). The van der Waals surface area contributed by atoms with Crippen molar-refractivity contribution in [3.8, 4) is 0 Å². The van der Waals surface area contributed by atoms with Gasteiger partial charge in [0.1, 0.15) is 90.6 Å². The van der Waals surface area contributed by atoms with Crippen molar-refractivity contribution in [3.63, 3.8) is 0 Å². The number of aromatic amines is 1. The second kappa shape index (κ2) is 54.5. The van der Waals surface area contributed by atoms with Gasteiger partial charge in [0.15, 0.2) is 0 Å². The quantitative estimate of drug-likeness (QED) is 0.0328. The number of aromatic nitrogens is 1. The smallest absolute Gasteiger partial charge is 0.326 e. The van der Waals surface area contributed by atoms with Gasteiger partial charge < -0.3 is 139 Å². The molecule has 4 aliphatic heterocycles. The number of hydrogen-bond acceptors (Lipinski definition) is 28. The number of primary amides is 2. The first kappa shape index (κ1) is 110. The van der Waals surface area contributed by atoms with Crippen molar-refractivity contribution in [1.82, 2.24) is 100 Å². The number of aliphatic hydroxyl groups is 1. The number of unbranched alkanes of at least 4 members (excludes halogenated alkanes) is 1. The lowest BCUT2D eigenvalue weighted by atomic mass is 10.0. The van der Waals surface area contributed by atoms with E-state index >= 15 is 38.4 Å². The molecular weight excluding hydrogens is 1840 g/mol. The summed E-state index contributed by atoms with van der Waals surface area (Å²) in [6, 6.07) is -13.8. The number of aliphatic hydroxyl groups excluding tert-OH is 1. The van der Waals surface area contributed by atoms with Crippen LogP contribution in [0.25, 0.3) is 10.9 Å². The molecule has 0 unspecified atom stereocenters. The summed E-state index contributed by atoms with van der Waals surface area (Å²) in [4.78, 5) is 320. The summed E-state index contributed by atoms with van der Waals surface area (Å²) in [5, 5.41) is 73.2. The number of nitrogens with zero attached hydrogens (tertiary/aromatic N) is 1. The normalized spacial score (nSPS) is 25.9. The van der Waals surface area contributed by atoms with Gasteiger partial charge in [-0.3, -0.25) is 101 Å². The zero-order valence-corrected chi connectivity index (χ0v) is 77.8. The molecule has 5 heterocycles. The van der Waals surface area contributed by atoms with Crippen LogP contribution in [0.3, 0.4) is 0 Å². The van der Waals surface area contributed by atoms with Crippen LogP contribution in [0.15, 0.2) is 73.1 Å². The van der Waals surface area contributed by atoms with Gasteiger partial charge in [-0.2, -0.15) is 35.3 Å². The fraction of sp³-hybridized carbons (Fsp3) is 0.553. The van der Waals surface area contributed by atoms with Gasteiger partial charge in [-0.25, -0.2) is 4.79 Å². The summed E-state index contributed by atoms with van der Waals surface area (Å²) in [6.45, 7) is 7.05. The number of H-pyrrole nitrogens is 1. The highest BCUT2D eigenvalue weighted by Gasteiger charge is 2.42. The second-order valence-corrected chi connectivity index (χ2v) is 36.9. The molecule has 744 valence electrons. The predicted molar refractivity (Wildman–Crippen MR) is 493 cm³/mol. The summed E-state index contributed by atoms with van der Waals surface area (Å²) in [7, 11) is 0. The number of carbonyl (C=O) groups excluding carboxylic acids is 20. The Balaban J connectivity index is 1.40. The first-order valence-electron chi connectivity index (χ1n) is 44.0. The average Bonchev–Trinajstić information content (AvgIpc) is 1.66. The molecule has 4 fully saturated rings. The van der Waals surface area contributed by atoms with E-state index in [-0.39, 0.29) is 68.4 Å². The number of fused-ring (bicyclic) bond motifs is 11. The molecule has 3 aromatic rings. The average molecular weight is 1960 g/mol. The van der Waals surface area contributed by atoms with Gasteiger partial charge in [0.25, 0.3) is 5.91 Å². The molecule has 0 spiro atoms. The summed E-state index contributed by atoms with van der Waals surface area (Å²) in [6.07, 6.45) is -3.00. The van der Waals surface area contributed by atoms with Crippen molar-refractivity contribution < 1.29 is 121 Å². The Morgan fingerprint density at radius 3 is 1.74 bits per heavy atom. The van der Waals surface area contributed by atoms with Crippen LogP contribution in [0, 0.1) is 11.8 Å². The maximum atomic E-state index is 15.6. The van der Waals surface area contributed by atoms with E-state index in [2.05, 4.69) is 102 Å². The topological polar surface area (TPSA) is 764 Å². The van der Waals surface area contributed by atoms with Gasteiger partial charge in [0.05, 0.1) is 44.3 Å². The second-order valence-electron chi connectivity index (χ2n) is 33.5. The molecule has 51 heteroatoms. The molecular formula is C85H121N23O25S3. The number of aliphatic carboxylic acids is 2. The third-order valence-electron chi connectivity index (χ3n) is 22.0. The van der Waals surface area contributed by atoms with Crippen molar-refractivity contribution in [2.24, 2.45) is 34.8 Å². The van der Waals surface area contributed by atoms with E-state index in [0.29, 0.717) is 46.6 Å². The molecule has 136 heavy (non-hydrogen) atoms. The zero-order chi connectivity index (χ0) is 100. The van der Waals surface area contributed by atoms with Crippen LogP contribution >= 0.6 is 35.3 Å². The molecule has 20 amide bonds. The number of nitrogens with one attached hydrogen (secondary N) is 18. The maximum absolute atomic E-state index is 15.6. The molecule has 29 N–H and O–H groups in total. The third-order valence-corrected chi connectivity index (χ3v) is 25.3. The van der Waals surface area contributed by atoms with Crippen molar-refractivity contribution in [1.29, 1.82) is 0 Å². The standard InChI is InChI=1S/C85H121N23O25S3/c1-41(2)28-53-76(123)95-51-23-27-135-38-59(80(127)93-43(5)69(116)99-54(29-44-14-7-6-8-15-44)71(118)92-35-66(113)108-25-13-19-62(108)83(130)102-53)106-82(129)61-40-136-39-60(105-79(126)58(36-109)103-77(124)55(100-75(51)122)30-45-33-90-48-17-10-9-16-46(45)48)81(128)101-57(32-67(114)115)72(119)91-34-65(112)94-56(31-64(89)111)78(125)96-50(74(121)98-52(85(132)133)18-11-12-24-86)22-26-134-37-47(87)70(117)107-68(42(3)4)84(131)97-49(73(120)104-61)20-21-63(88)110/h6-10,14-17,33,41-42,47,49-62,68,90,109H,5,11-13,18-32,34-40,86-87H2,1-4H3,(H2,88,110)(H2,89,111)(H,91,119)(H,92,118)(H,93,127)(H,94,112)(H,95,123)(H,96,125)(H,97,131)(H,98,121)(H,99,116)(H,100,122)(H,101,128)(H,102,130)(H,103,124)(H,104,120)(H,105,126)(H,106,129)(H,107,117)(H,114,115)(H,132,133)/t47-,49-,50+,51+,52-,53-,54-,55-,56-,57-,58-,59+,60-,61+,62-,68-/m0/s1. The molecule has 0 saturated carbocycles. The van der Waals surface area contributed by atoms with Crippen LogP contribution in [-0.4, -0.2) is 319 Å². The highest BCUT2D eigenvalue weighted by atomic mass is 32.2. The van der Waals surface area contributed by atoms with Gasteiger partial charge in [-0.05, 0) is 105 Å². The van der Waals surface area contributed by atoms with E-state index in [0.717, 1.165) is 23.5 Å². The SMILES string of the molecule is C=C1NC(=O)[C@H]2CSCC[C@@H](NC(=O)[C@H](CC(C)C)NC(=O)[C@@H]3CCCN3C(=O)CNC(=O)[C@H](Cc3ccccc3)NC1=O)C(=O)N[C@@H](Cc1c[nH]c3ccccc13)C(=O)N[C@@H](CO)C(=O)N[C@H]1CSC[C@@H](NC(=O)[C@H](CCC(N)=O)NC(=O)[C@H](C(C)C)NC(=O)[C@@H](N)CSCC[C@H](C(=O)N[C@@H](CCCCN)C(=O)O)NC(=O)[C@H](CC(N)=O)NC(=O)CNC(=O)[C@H](CC(=O)O)NC1=O)C(=O)N2. The number of para-hydroxylation sites is 1. The van der Waals surface area contributed by atoms with Gasteiger partial charge in [-0.15, -0.1) is 0 Å². The lowest BCUT2D eigenvalue weighted by molar-refractivity contribution is -0.143. The number of hydrogen-bond donors (Lipinski definition) is 25. The minimum atomic E-state index is -2.28. The lowest BCUT2D eigenvalue weighted by Gasteiger charge is -2.29. The van der Waals surface area contributed by atoms with Crippen molar-refractivity contribution in [2.45, 2.75) is 214 Å². The van der Waals surface area contributed by atoms with Crippen LogP contribution in [0.4, 0.5) is 0 Å². The van der Waals surface area contributed by atoms with Gasteiger partial charge in [0.2, 0.25) is 112 Å². The lowest BCUT2D eigenvalue weighted by Crippen LogP contribution is -2.61. The molecule has 1 aromatic heterocycles. The maximum Gasteiger partial charge on any atom is 0.326 e. The molecule has 4 saturated heterocycles.